The standard InChI is InChI=1S/C15H12BrFN2S/c16-10-6-12-13(7-11(10)17)19-15(18-12)9-2-1-3-14-8(9)4-5-20-14/h4-7,9H,1-3H2,(H,18,19). The number of thiophene rings is 1. The van der Waals surface area contributed by atoms with Gasteiger partial charge in [-0.2, -0.15) is 0 Å². The number of nitrogens with zero attached hydrogens (tertiary/aromatic N) is 1. The van der Waals surface area contributed by atoms with E-state index in [1.54, 1.807) is 6.07 Å². The van der Waals surface area contributed by atoms with Crippen LogP contribution in [0.1, 0.15) is 35.0 Å². The molecule has 0 amide bonds. The Morgan fingerprint density at radius 1 is 1.40 bits per heavy atom. The maximum Gasteiger partial charge on any atom is 0.139 e. The number of fused-ring (bicyclic) bond motifs is 2. The van der Waals surface area contributed by atoms with Gasteiger partial charge in [0.15, 0.2) is 0 Å². The number of halogens is 2. The lowest BCUT2D eigenvalue weighted by Gasteiger charge is -2.20. The Morgan fingerprint density at radius 2 is 2.30 bits per heavy atom. The van der Waals surface area contributed by atoms with Gasteiger partial charge in [0.1, 0.15) is 11.6 Å². The van der Waals surface area contributed by atoms with E-state index < -0.39 is 0 Å². The van der Waals surface area contributed by atoms with Crippen molar-refractivity contribution in [1.29, 1.82) is 0 Å². The predicted molar refractivity (Wildman–Crippen MR) is 82.9 cm³/mol. The van der Waals surface area contributed by atoms with Crippen LogP contribution < -0.4 is 0 Å². The minimum Gasteiger partial charge on any atom is -0.341 e. The molecular formula is C15H12BrFN2S. The third-order valence-corrected chi connectivity index (χ3v) is 5.53. The number of rotatable bonds is 1. The van der Waals surface area contributed by atoms with Gasteiger partial charge in [-0.1, -0.05) is 0 Å². The van der Waals surface area contributed by atoms with E-state index in [-0.39, 0.29) is 5.82 Å². The molecule has 0 bridgehead atoms. The van der Waals surface area contributed by atoms with Crippen LogP contribution in [0.15, 0.2) is 28.1 Å². The van der Waals surface area contributed by atoms with E-state index in [4.69, 9.17) is 0 Å². The Kier molecular flexibility index (Phi) is 2.93. The second-order valence-electron chi connectivity index (χ2n) is 5.15. The number of aromatic amines is 1. The molecule has 1 aliphatic rings. The molecule has 4 rings (SSSR count). The first-order valence-corrected chi connectivity index (χ1v) is 8.30. The van der Waals surface area contributed by atoms with E-state index in [1.807, 2.05) is 11.3 Å². The molecule has 0 fully saturated rings. The van der Waals surface area contributed by atoms with Gasteiger partial charge in [-0.05, 0) is 58.3 Å². The second kappa shape index (κ2) is 4.67. The Bertz CT molecular complexity index is 753. The van der Waals surface area contributed by atoms with Crippen molar-refractivity contribution in [2.45, 2.75) is 25.2 Å². The molecule has 0 saturated heterocycles. The molecule has 2 nitrogen and oxygen atoms in total. The highest BCUT2D eigenvalue weighted by Gasteiger charge is 2.25. The summed E-state index contributed by atoms with van der Waals surface area (Å²) in [5, 5.41) is 2.15. The van der Waals surface area contributed by atoms with Gasteiger partial charge in [0.2, 0.25) is 0 Å². The number of hydrogen-bond donors (Lipinski definition) is 1. The predicted octanol–water partition coefficient (Wildman–Crippen LogP) is 4.99. The second-order valence-corrected chi connectivity index (χ2v) is 7.00. The molecule has 2 aromatic heterocycles. The fourth-order valence-corrected chi connectivity index (χ4v) is 4.28. The number of imidazole rings is 1. The molecule has 0 saturated carbocycles. The zero-order valence-corrected chi connectivity index (χ0v) is 13.0. The Balaban J connectivity index is 1.84. The van der Waals surface area contributed by atoms with Gasteiger partial charge in [0, 0.05) is 16.9 Å². The summed E-state index contributed by atoms with van der Waals surface area (Å²) in [6, 6.07) is 5.45. The highest BCUT2D eigenvalue weighted by Crippen LogP contribution is 2.38. The lowest BCUT2D eigenvalue weighted by Crippen LogP contribution is -2.09. The van der Waals surface area contributed by atoms with E-state index in [1.165, 1.54) is 29.3 Å². The number of H-pyrrole nitrogens is 1. The average Bonchev–Trinajstić information content (AvgIpc) is 3.05. The van der Waals surface area contributed by atoms with E-state index in [0.29, 0.717) is 10.4 Å². The van der Waals surface area contributed by atoms with Crippen molar-refractivity contribution >= 4 is 38.3 Å². The SMILES string of the molecule is Fc1cc2[nH]c(C3CCCc4sccc43)nc2cc1Br. The minimum atomic E-state index is -0.257. The lowest BCUT2D eigenvalue weighted by molar-refractivity contribution is 0.604. The first-order chi connectivity index (χ1) is 9.72. The Labute approximate surface area is 128 Å². The number of aryl methyl sites for hydroxylation is 1. The van der Waals surface area contributed by atoms with Crippen molar-refractivity contribution in [3.05, 3.63) is 50.1 Å². The van der Waals surface area contributed by atoms with Gasteiger partial charge in [-0.25, -0.2) is 9.37 Å². The summed E-state index contributed by atoms with van der Waals surface area (Å²) in [7, 11) is 0. The van der Waals surface area contributed by atoms with Crippen molar-refractivity contribution in [3.63, 3.8) is 0 Å². The molecule has 1 aromatic carbocycles. The molecule has 20 heavy (non-hydrogen) atoms. The fourth-order valence-electron chi connectivity index (χ4n) is 2.96. The average molecular weight is 351 g/mol. The molecule has 1 unspecified atom stereocenters. The molecule has 5 heteroatoms. The van der Waals surface area contributed by atoms with Crippen LogP contribution in [0.4, 0.5) is 4.39 Å². The molecule has 102 valence electrons. The quantitative estimate of drug-likeness (QED) is 0.657. The third kappa shape index (κ3) is 1.91. The number of hydrogen-bond acceptors (Lipinski definition) is 2. The van der Waals surface area contributed by atoms with Crippen LogP contribution >= 0.6 is 27.3 Å². The largest absolute Gasteiger partial charge is 0.341 e. The van der Waals surface area contributed by atoms with Gasteiger partial charge in [0.25, 0.3) is 0 Å². The molecule has 1 atom stereocenters. The highest BCUT2D eigenvalue weighted by molar-refractivity contribution is 9.10. The van der Waals surface area contributed by atoms with E-state index in [2.05, 4.69) is 37.3 Å². The summed E-state index contributed by atoms with van der Waals surface area (Å²) < 4.78 is 14.1. The van der Waals surface area contributed by atoms with E-state index >= 15 is 0 Å². The monoisotopic (exact) mass is 350 g/mol. The number of aromatic nitrogens is 2. The van der Waals surface area contributed by atoms with Crippen LogP contribution in [0.5, 0.6) is 0 Å². The van der Waals surface area contributed by atoms with Crippen LogP contribution in [0.25, 0.3) is 11.0 Å². The topological polar surface area (TPSA) is 28.7 Å². The van der Waals surface area contributed by atoms with Crippen LogP contribution in [0.3, 0.4) is 0 Å². The summed E-state index contributed by atoms with van der Waals surface area (Å²) in [6.07, 6.45) is 3.46. The van der Waals surface area contributed by atoms with Crippen molar-refractivity contribution in [2.75, 3.05) is 0 Å². The van der Waals surface area contributed by atoms with E-state index in [9.17, 15) is 4.39 Å². The molecule has 2 heterocycles. The summed E-state index contributed by atoms with van der Waals surface area (Å²) in [6.45, 7) is 0. The van der Waals surface area contributed by atoms with Crippen molar-refractivity contribution < 1.29 is 4.39 Å². The molecule has 0 aliphatic heterocycles. The summed E-state index contributed by atoms with van der Waals surface area (Å²) >= 11 is 5.04. The van der Waals surface area contributed by atoms with Gasteiger partial charge in [-0.3, -0.25) is 0 Å². The molecule has 1 N–H and O–H groups in total. The molecule has 0 spiro atoms. The normalized spacial score (nSPS) is 18.4. The van der Waals surface area contributed by atoms with Gasteiger partial charge in [-0.15, -0.1) is 11.3 Å². The zero-order chi connectivity index (χ0) is 13.7. The first-order valence-electron chi connectivity index (χ1n) is 6.63. The lowest BCUT2D eigenvalue weighted by atomic mass is 9.87. The maximum atomic E-state index is 13.6. The van der Waals surface area contributed by atoms with Crippen molar-refractivity contribution in [2.24, 2.45) is 0 Å². The summed E-state index contributed by atoms with van der Waals surface area (Å²) in [5.74, 6) is 1.02. The number of nitrogens with one attached hydrogen (secondary N) is 1. The first kappa shape index (κ1) is 12.5. The Hall–Kier alpha value is -1.20. The van der Waals surface area contributed by atoms with Crippen molar-refractivity contribution in [3.8, 4) is 0 Å². The summed E-state index contributed by atoms with van der Waals surface area (Å²) in [4.78, 5) is 9.43. The molecule has 1 aliphatic carbocycles. The van der Waals surface area contributed by atoms with Crippen LogP contribution in [0.2, 0.25) is 0 Å². The molecule has 0 radical (unpaired) electrons. The van der Waals surface area contributed by atoms with Gasteiger partial charge < -0.3 is 4.98 Å². The molecule has 3 aromatic rings. The fraction of sp³-hybridized carbons (Fsp3) is 0.267. The van der Waals surface area contributed by atoms with Crippen LogP contribution in [-0.2, 0) is 6.42 Å². The van der Waals surface area contributed by atoms with Gasteiger partial charge >= 0.3 is 0 Å². The molecular weight excluding hydrogens is 339 g/mol. The smallest absolute Gasteiger partial charge is 0.139 e. The minimum absolute atomic E-state index is 0.257. The van der Waals surface area contributed by atoms with E-state index in [0.717, 1.165) is 23.3 Å². The Morgan fingerprint density at radius 3 is 3.20 bits per heavy atom. The highest BCUT2D eigenvalue weighted by atomic mass is 79.9. The van der Waals surface area contributed by atoms with Gasteiger partial charge in [0.05, 0.1) is 15.5 Å². The summed E-state index contributed by atoms with van der Waals surface area (Å²) in [5.41, 5.74) is 2.97. The number of benzene rings is 1. The maximum absolute atomic E-state index is 13.6. The van der Waals surface area contributed by atoms with Crippen LogP contribution in [-0.4, -0.2) is 9.97 Å². The third-order valence-electron chi connectivity index (χ3n) is 3.92. The van der Waals surface area contributed by atoms with Crippen LogP contribution in [0, 0.1) is 5.82 Å². The van der Waals surface area contributed by atoms with Crippen molar-refractivity contribution in [1.82, 2.24) is 9.97 Å². The zero-order valence-electron chi connectivity index (χ0n) is 10.6.